The summed E-state index contributed by atoms with van der Waals surface area (Å²) < 4.78 is 9.88. The van der Waals surface area contributed by atoms with Gasteiger partial charge in [0.15, 0.2) is 6.29 Å². The molecule has 0 aromatic heterocycles. The van der Waals surface area contributed by atoms with Gasteiger partial charge >= 0.3 is 23.1 Å². The molecule has 0 rings (SSSR count). The molecule has 0 N–H and O–H groups in total. The summed E-state index contributed by atoms with van der Waals surface area (Å²) in [7, 11) is 3.24. The van der Waals surface area contributed by atoms with Gasteiger partial charge in [-0.25, -0.2) is 0 Å². The van der Waals surface area contributed by atoms with E-state index in [1.165, 1.54) is 0 Å². The van der Waals surface area contributed by atoms with Crippen molar-refractivity contribution in [3.63, 3.8) is 0 Å². The van der Waals surface area contributed by atoms with Gasteiger partial charge in [-0.05, 0) is 4.83 Å². The molecule has 0 aliphatic heterocycles. The van der Waals surface area contributed by atoms with Crippen LogP contribution in [0.15, 0.2) is 0 Å². The SMILES string of the molecule is COC(CCC#CBr)OC.[MgH2]. The Morgan fingerprint density at radius 1 is 1.36 bits per heavy atom. The lowest BCUT2D eigenvalue weighted by Gasteiger charge is -2.10. The van der Waals surface area contributed by atoms with E-state index in [0.29, 0.717) is 0 Å². The Morgan fingerprint density at radius 2 is 1.91 bits per heavy atom. The van der Waals surface area contributed by atoms with Gasteiger partial charge in [0, 0.05) is 43.0 Å². The summed E-state index contributed by atoms with van der Waals surface area (Å²) in [5, 5.41) is 0. The Kier molecular flexibility index (Phi) is 13.9. The summed E-state index contributed by atoms with van der Waals surface area (Å²) in [6, 6.07) is 0. The standard InChI is InChI=1S/C7H11BrO2.Mg.2H/c1-9-7(10-2)5-3-4-6-8;;;/h7H,3,5H2,1-2H3;;;. The molecule has 0 bridgehead atoms. The highest BCUT2D eigenvalue weighted by Crippen LogP contribution is 2.00. The quantitative estimate of drug-likeness (QED) is 0.407. The highest BCUT2D eigenvalue weighted by Gasteiger charge is 2.01. The van der Waals surface area contributed by atoms with Crippen molar-refractivity contribution in [2.24, 2.45) is 0 Å². The minimum Gasteiger partial charge on any atom is -0.356 e. The van der Waals surface area contributed by atoms with Crippen LogP contribution in [0, 0.1) is 10.8 Å². The minimum atomic E-state index is -0.117. The molecule has 0 spiro atoms. The maximum atomic E-state index is 4.94. The fraction of sp³-hybridized carbons (Fsp3) is 0.714. The molecule has 0 unspecified atom stereocenters. The van der Waals surface area contributed by atoms with Gasteiger partial charge < -0.3 is 9.47 Å². The second-order valence-electron chi connectivity index (χ2n) is 1.71. The molecule has 0 aliphatic carbocycles. The first-order valence-corrected chi connectivity index (χ1v) is 3.78. The van der Waals surface area contributed by atoms with Crippen LogP contribution in [-0.2, 0) is 9.47 Å². The number of rotatable bonds is 4. The predicted molar refractivity (Wildman–Crippen MR) is 52.3 cm³/mol. The molecule has 4 heteroatoms. The Morgan fingerprint density at radius 3 is 2.27 bits per heavy atom. The van der Waals surface area contributed by atoms with Crippen molar-refractivity contribution in [2.45, 2.75) is 19.1 Å². The Bertz CT molecular complexity index is 126. The highest BCUT2D eigenvalue weighted by molar-refractivity contribution is 9.12. The normalized spacial score (nSPS) is 8.36. The van der Waals surface area contributed by atoms with Crippen LogP contribution in [0.2, 0.25) is 0 Å². The molecule has 0 saturated carbocycles. The summed E-state index contributed by atoms with van der Waals surface area (Å²) in [5.74, 6) is 2.85. The van der Waals surface area contributed by atoms with Crippen molar-refractivity contribution >= 4 is 39.0 Å². The van der Waals surface area contributed by atoms with Crippen LogP contribution in [0.1, 0.15) is 12.8 Å². The third-order valence-corrected chi connectivity index (χ3v) is 1.38. The molecule has 0 saturated heterocycles. The van der Waals surface area contributed by atoms with Gasteiger partial charge in [-0.1, -0.05) is 5.92 Å². The van der Waals surface area contributed by atoms with E-state index in [1.54, 1.807) is 14.2 Å². The molecule has 11 heavy (non-hydrogen) atoms. The second kappa shape index (κ2) is 10.7. The molecule has 0 heterocycles. The highest BCUT2D eigenvalue weighted by atomic mass is 79.9. The molecule has 0 aromatic rings. The summed E-state index contributed by atoms with van der Waals surface area (Å²) in [4.78, 5) is 2.62. The van der Waals surface area contributed by atoms with Crippen LogP contribution in [-0.4, -0.2) is 43.6 Å². The van der Waals surface area contributed by atoms with Gasteiger partial charge in [-0.15, -0.1) is 0 Å². The first-order valence-electron chi connectivity index (χ1n) is 2.99. The Labute approximate surface area is 92.3 Å². The molecule has 0 radical (unpaired) electrons. The zero-order chi connectivity index (χ0) is 7.82. The molecule has 2 nitrogen and oxygen atoms in total. The lowest BCUT2D eigenvalue weighted by atomic mass is 10.3. The lowest BCUT2D eigenvalue weighted by molar-refractivity contribution is -0.105. The largest absolute Gasteiger partial charge is 0.356 e. The maximum Gasteiger partial charge on any atom is 0.316 e. The fourth-order valence-corrected chi connectivity index (χ4v) is 0.767. The number of hydrogen-bond donors (Lipinski definition) is 0. The summed E-state index contributed by atoms with van der Waals surface area (Å²) in [6.07, 6.45) is 1.48. The molecule has 0 fully saturated rings. The van der Waals surface area contributed by atoms with E-state index in [2.05, 4.69) is 26.7 Å². The molecule has 0 atom stereocenters. The smallest absolute Gasteiger partial charge is 0.316 e. The topological polar surface area (TPSA) is 18.5 Å². The van der Waals surface area contributed by atoms with Crippen molar-refractivity contribution in [3.05, 3.63) is 0 Å². The van der Waals surface area contributed by atoms with Crippen molar-refractivity contribution in [3.8, 4) is 10.8 Å². The number of halogens is 1. The average Bonchev–Trinajstić information content (AvgIpc) is 1.99. The van der Waals surface area contributed by atoms with Gasteiger partial charge in [0.25, 0.3) is 0 Å². The van der Waals surface area contributed by atoms with Crippen LogP contribution >= 0.6 is 15.9 Å². The van der Waals surface area contributed by atoms with Crippen LogP contribution in [0.4, 0.5) is 0 Å². The van der Waals surface area contributed by atoms with Gasteiger partial charge in [-0.2, -0.15) is 0 Å². The van der Waals surface area contributed by atoms with E-state index in [-0.39, 0.29) is 29.3 Å². The molecule has 0 amide bonds. The summed E-state index contributed by atoms with van der Waals surface area (Å²) in [5.41, 5.74) is 0. The van der Waals surface area contributed by atoms with E-state index in [1.807, 2.05) is 0 Å². The third kappa shape index (κ3) is 8.63. The zero-order valence-corrected chi connectivity index (χ0v) is 7.77. The second-order valence-corrected chi connectivity index (χ2v) is 2.11. The Balaban J connectivity index is 0. The van der Waals surface area contributed by atoms with Crippen LogP contribution in [0.3, 0.4) is 0 Å². The average molecular weight is 233 g/mol. The number of hydrogen-bond acceptors (Lipinski definition) is 2. The van der Waals surface area contributed by atoms with E-state index < -0.39 is 0 Å². The Hall–Kier alpha value is 0.726. The van der Waals surface area contributed by atoms with E-state index in [9.17, 15) is 0 Å². The van der Waals surface area contributed by atoms with E-state index >= 15 is 0 Å². The van der Waals surface area contributed by atoms with E-state index in [4.69, 9.17) is 9.47 Å². The third-order valence-electron chi connectivity index (χ3n) is 1.10. The summed E-state index contributed by atoms with van der Waals surface area (Å²) >= 11 is 3.00. The van der Waals surface area contributed by atoms with Crippen LogP contribution in [0.25, 0.3) is 0 Å². The maximum absolute atomic E-state index is 4.94. The first-order chi connectivity index (χ1) is 4.85. The summed E-state index contributed by atoms with van der Waals surface area (Å²) in [6.45, 7) is 0. The molecular weight excluding hydrogens is 220 g/mol. The van der Waals surface area contributed by atoms with Crippen LogP contribution < -0.4 is 0 Å². The van der Waals surface area contributed by atoms with Crippen molar-refractivity contribution in [1.82, 2.24) is 0 Å². The monoisotopic (exact) mass is 232 g/mol. The first kappa shape index (κ1) is 14.3. The van der Waals surface area contributed by atoms with Crippen molar-refractivity contribution in [2.75, 3.05) is 14.2 Å². The fourth-order valence-electron chi connectivity index (χ4n) is 0.569. The number of ether oxygens (including phenoxy) is 2. The van der Waals surface area contributed by atoms with Gasteiger partial charge in [-0.3, -0.25) is 0 Å². The van der Waals surface area contributed by atoms with Gasteiger partial charge in [0.1, 0.15) is 0 Å². The van der Waals surface area contributed by atoms with Gasteiger partial charge in [0.2, 0.25) is 0 Å². The molecule has 0 aliphatic rings. The van der Waals surface area contributed by atoms with Gasteiger partial charge in [0.05, 0.1) is 0 Å². The predicted octanol–water partition coefficient (Wildman–Crippen LogP) is 0.825. The lowest BCUT2D eigenvalue weighted by Crippen LogP contribution is -2.11. The number of methoxy groups -OCH3 is 2. The molecule has 62 valence electrons. The van der Waals surface area contributed by atoms with Crippen molar-refractivity contribution in [1.29, 1.82) is 0 Å². The van der Waals surface area contributed by atoms with E-state index in [0.717, 1.165) is 12.8 Å². The molecular formula is C7H13BrMgO2. The zero-order valence-electron chi connectivity index (χ0n) is 6.19. The van der Waals surface area contributed by atoms with Crippen molar-refractivity contribution < 1.29 is 9.47 Å². The minimum absolute atomic E-state index is 0. The molecule has 0 aromatic carbocycles. The van der Waals surface area contributed by atoms with Crippen LogP contribution in [0.5, 0.6) is 0 Å².